The van der Waals surface area contributed by atoms with Gasteiger partial charge in [0.05, 0.1) is 0 Å². The third-order valence-corrected chi connectivity index (χ3v) is 0.754. The smallest absolute Gasteiger partial charge is 0.285 e. The van der Waals surface area contributed by atoms with Gasteiger partial charge in [-0.15, -0.1) is 0 Å². The second kappa shape index (κ2) is 2.72. The monoisotopic (exact) mass is 145 g/mol. The van der Waals surface area contributed by atoms with Crippen LogP contribution in [0.2, 0.25) is 0 Å². The van der Waals surface area contributed by atoms with E-state index in [0.717, 1.165) is 0 Å². The minimum atomic E-state index is -1.18. The fraction of sp³-hybridized carbons (Fsp3) is 0. The summed E-state index contributed by atoms with van der Waals surface area (Å²) in [6, 6.07) is 0. The van der Waals surface area contributed by atoms with Gasteiger partial charge in [0, 0.05) is 0 Å². The summed E-state index contributed by atoms with van der Waals surface area (Å²) in [5.41, 5.74) is 13.2. The molecule has 0 aliphatic carbocycles. The lowest BCUT2D eigenvalue weighted by Gasteiger charge is -1.96. The quantitative estimate of drug-likeness (QED) is 0.256. The van der Waals surface area contributed by atoms with Crippen molar-refractivity contribution in [2.24, 2.45) is 17.2 Å². The first-order valence-corrected chi connectivity index (χ1v) is 2.25. The number of carbonyl (C=O) groups excluding carboxylic acids is 2. The van der Waals surface area contributed by atoms with Gasteiger partial charge in [-0.2, -0.15) is 0 Å². The third-order valence-electron chi connectivity index (χ3n) is 0.754. The maximum atomic E-state index is 10.1. The largest absolute Gasteiger partial charge is 0.501 e. The van der Waals surface area contributed by atoms with Gasteiger partial charge in [0.15, 0.2) is 0 Å². The van der Waals surface area contributed by atoms with Crippen LogP contribution in [0.3, 0.4) is 0 Å². The lowest BCUT2D eigenvalue weighted by molar-refractivity contribution is -0.119. The summed E-state index contributed by atoms with van der Waals surface area (Å²) in [5.74, 6) is -3.28. The minimum Gasteiger partial charge on any atom is -0.501 e. The summed E-state index contributed by atoms with van der Waals surface area (Å²) in [7, 11) is 0. The second-order valence-corrected chi connectivity index (χ2v) is 1.49. The molecule has 10 heavy (non-hydrogen) atoms. The van der Waals surface area contributed by atoms with Gasteiger partial charge in [0.1, 0.15) is 5.70 Å². The van der Waals surface area contributed by atoms with Crippen LogP contribution < -0.4 is 17.2 Å². The highest BCUT2D eigenvalue weighted by molar-refractivity contribution is 6.01. The Hall–Kier alpha value is -1.72. The number of hydrogen-bond acceptors (Lipinski definition) is 4. The predicted molar refractivity (Wildman–Crippen MR) is 32.2 cm³/mol. The molecule has 6 heteroatoms. The van der Waals surface area contributed by atoms with E-state index < -0.39 is 23.3 Å². The van der Waals surface area contributed by atoms with Crippen LogP contribution in [-0.2, 0) is 9.59 Å². The highest BCUT2D eigenvalue weighted by Crippen LogP contribution is 1.90. The van der Waals surface area contributed by atoms with Crippen LogP contribution in [0.1, 0.15) is 0 Å². The van der Waals surface area contributed by atoms with Gasteiger partial charge in [0.2, 0.25) is 5.76 Å². The van der Waals surface area contributed by atoms with E-state index in [1.54, 1.807) is 0 Å². The van der Waals surface area contributed by atoms with Crippen molar-refractivity contribution in [3.05, 3.63) is 11.5 Å². The maximum absolute atomic E-state index is 10.1. The van der Waals surface area contributed by atoms with Crippen LogP contribution in [-0.4, -0.2) is 16.9 Å². The van der Waals surface area contributed by atoms with E-state index in [9.17, 15) is 9.59 Å². The topological polar surface area (TPSA) is 132 Å². The number of nitrogens with two attached hydrogens (primary N) is 3. The predicted octanol–water partition coefficient (Wildman–Crippen LogP) is -2.31. The first-order valence-electron chi connectivity index (χ1n) is 2.25. The summed E-state index contributed by atoms with van der Waals surface area (Å²) in [5, 5.41) is 8.54. The molecule has 0 saturated heterocycles. The van der Waals surface area contributed by atoms with E-state index in [2.05, 4.69) is 11.5 Å². The number of aliphatic hydroxyl groups is 1. The molecule has 56 valence electrons. The molecule has 0 bridgehead atoms. The molecule has 0 atom stereocenters. The Balaban J connectivity index is 4.67. The molecular formula is C4H7N3O3. The molecule has 0 aromatic heterocycles. The Bertz CT molecular complexity index is 186. The van der Waals surface area contributed by atoms with Crippen LogP contribution in [0.25, 0.3) is 0 Å². The summed E-state index contributed by atoms with van der Waals surface area (Å²) in [6.45, 7) is 0. The molecule has 0 radical (unpaired) electrons. The first kappa shape index (κ1) is 8.28. The second-order valence-electron chi connectivity index (χ2n) is 1.49. The molecule has 0 heterocycles. The fourth-order valence-corrected chi connectivity index (χ4v) is 0.249. The van der Waals surface area contributed by atoms with Crippen molar-refractivity contribution in [2.75, 3.05) is 0 Å². The van der Waals surface area contributed by atoms with Gasteiger partial charge >= 0.3 is 0 Å². The molecule has 0 fully saturated rings. The van der Waals surface area contributed by atoms with Crippen molar-refractivity contribution in [3.63, 3.8) is 0 Å². The van der Waals surface area contributed by atoms with Crippen LogP contribution in [0.15, 0.2) is 11.5 Å². The summed E-state index contributed by atoms with van der Waals surface area (Å²) < 4.78 is 0. The van der Waals surface area contributed by atoms with Gasteiger partial charge < -0.3 is 22.3 Å². The standard InChI is InChI=1S/C4H7N3O3/c5-1(3(6)9)2(8)4(7)10/h8H,5H2,(H2,6,9)(H2,7,10)/b2-1+. The molecule has 6 nitrogen and oxygen atoms in total. The summed E-state index contributed by atoms with van der Waals surface area (Å²) in [6.07, 6.45) is 0. The Morgan fingerprint density at radius 2 is 1.40 bits per heavy atom. The molecule has 2 amide bonds. The first-order chi connectivity index (χ1) is 4.46. The van der Waals surface area contributed by atoms with E-state index in [1.807, 2.05) is 0 Å². The van der Waals surface area contributed by atoms with Crippen molar-refractivity contribution >= 4 is 11.8 Å². The zero-order chi connectivity index (χ0) is 8.31. The molecule has 0 unspecified atom stereocenters. The fourth-order valence-electron chi connectivity index (χ4n) is 0.249. The Kier molecular flexibility index (Phi) is 2.25. The molecule has 0 spiro atoms. The average molecular weight is 145 g/mol. The van der Waals surface area contributed by atoms with Crippen molar-refractivity contribution in [2.45, 2.75) is 0 Å². The van der Waals surface area contributed by atoms with Crippen molar-refractivity contribution < 1.29 is 14.7 Å². The molecule has 0 aliphatic rings. The van der Waals surface area contributed by atoms with E-state index in [0.29, 0.717) is 0 Å². The van der Waals surface area contributed by atoms with E-state index in [1.165, 1.54) is 0 Å². The molecule has 0 aliphatic heterocycles. The third kappa shape index (κ3) is 1.66. The number of aliphatic hydroxyl groups excluding tert-OH is 1. The Labute approximate surface area is 56.3 Å². The minimum absolute atomic E-state index is 0.729. The zero-order valence-electron chi connectivity index (χ0n) is 5.00. The van der Waals surface area contributed by atoms with Gasteiger partial charge in [0.25, 0.3) is 11.8 Å². The number of carbonyl (C=O) groups is 2. The van der Waals surface area contributed by atoms with Crippen LogP contribution in [0.4, 0.5) is 0 Å². The lowest BCUT2D eigenvalue weighted by atomic mass is 10.3. The zero-order valence-corrected chi connectivity index (χ0v) is 5.00. The number of hydrogen-bond donors (Lipinski definition) is 4. The van der Waals surface area contributed by atoms with Gasteiger partial charge in [-0.25, -0.2) is 0 Å². The van der Waals surface area contributed by atoms with E-state index in [4.69, 9.17) is 10.8 Å². The van der Waals surface area contributed by atoms with E-state index >= 15 is 0 Å². The number of rotatable bonds is 2. The normalized spacial score (nSPS) is 12.0. The molecule has 0 aromatic carbocycles. The van der Waals surface area contributed by atoms with Crippen molar-refractivity contribution in [1.82, 2.24) is 0 Å². The van der Waals surface area contributed by atoms with Crippen LogP contribution in [0, 0.1) is 0 Å². The van der Waals surface area contributed by atoms with Crippen LogP contribution in [0.5, 0.6) is 0 Å². The van der Waals surface area contributed by atoms with Crippen molar-refractivity contribution in [3.8, 4) is 0 Å². The summed E-state index contributed by atoms with van der Waals surface area (Å²) >= 11 is 0. The molecular weight excluding hydrogens is 138 g/mol. The number of primary amides is 2. The van der Waals surface area contributed by atoms with Gasteiger partial charge in [-0.05, 0) is 0 Å². The maximum Gasteiger partial charge on any atom is 0.285 e. The molecule has 0 aromatic rings. The molecule has 7 N–H and O–H groups in total. The highest BCUT2D eigenvalue weighted by Gasteiger charge is 2.11. The highest BCUT2D eigenvalue weighted by atomic mass is 16.3. The SMILES string of the molecule is NC(=O)/C(N)=C(\O)C(N)=O. The van der Waals surface area contributed by atoms with Gasteiger partial charge in [-0.1, -0.05) is 0 Å². The molecule has 0 rings (SSSR count). The summed E-state index contributed by atoms with van der Waals surface area (Å²) in [4.78, 5) is 20.2. The van der Waals surface area contributed by atoms with Crippen LogP contribution >= 0.6 is 0 Å². The molecule has 0 saturated carbocycles. The number of amides is 2. The van der Waals surface area contributed by atoms with E-state index in [-0.39, 0.29) is 0 Å². The Morgan fingerprint density at radius 1 is 1.00 bits per heavy atom. The average Bonchev–Trinajstić information content (AvgIpc) is 1.84. The van der Waals surface area contributed by atoms with Crippen molar-refractivity contribution in [1.29, 1.82) is 0 Å². The Morgan fingerprint density at radius 3 is 1.50 bits per heavy atom. The van der Waals surface area contributed by atoms with Gasteiger partial charge in [-0.3, -0.25) is 9.59 Å². The lowest BCUT2D eigenvalue weighted by Crippen LogP contribution is -2.27.